The predicted octanol–water partition coefficient (Wildman–Crippen LogP) is 3.75. The third-order valence-electron chi connectivity index (χ3n) is 4.32. The molecule has 1 amide bonds. The summed E-state index contributed by atoms with van der Waals surface area (Å²) >= 11 is 0. The van der Waals surface area contributed by atoms with E-state index in [1.54, 1.807) is 17.0 Å². The number of hydrogen-bond acceptors (Lipinski definition) is 4. The molecule has 0 bridgehead atoms. The zero-order valence-electron chi connectivity index (χ0n) is 14.9. The van der Waals surface area contributed by atoms with Crippen molar-refractivity contribution in [1.29, 1.82) is 0 Å². The van der Waals surface area contributed by atoms with Gasteiger partial charge in [0.25, 0.3) is 0 Å². The van der Waals surface area contributed by atoms with Gasteiger partial charge in [0.05, 0.1) is 13.0 Å². The highest BCUT2D eigenvalue weighted by atomic mass is 16.5. The van der Waals surface area contributed by atoms with Crippen LogP contribution in [0.3, 0.4) is 0 Å². The number of hydrogen-bond donors (Lipinski definition) is 0. The first-order valence-corrected chi connectivity index (χ1v) is 8.99. The highest BCUT2D eigenvalue weighted by Gasteiger charge is 2.21. The summed E-state index contributed by atoms with van der Waals surface area (Å²) in [6.07, 6.45) is 2.32. The number of anilines is 1. The third-order valence-corrected chi connectivity index (χ3v) is 4.32. The molecule has 1 heterocycles. The Morgan fingerprint density at radius 1 is 1.12 bits per heavy atom. The van der Waals surface area contributed by atoms with E-state index in [4.69, 9.17) is 9.47 Å². The van der Waals surface area contributed by atoms with E-state index in [2.05, 4.69) is 0 Å². The molecule has 0 N–H and O–H groups in total. The van der Waals surface area contributed by atoms with Gasteiger partial charge in [-0.1, -0.05) is 18.2 Å². The summed E-state index contributed by atoms with van der Waals surface area (Å²) in [5.41, 5.74) is 1.84. The molecule has 1 aliphatic heterocycles. The number of nitrogens with zero attached hydrogens (tertiary/aromatic N) is 1. The van der Waals surface area contributed by atoms with Crippen molar-refractivity contribution in [1.82, 2.24) is 0 Å². The Morgan fingerprint density at radius 2 is 1.88 bits per heavy atom. The SMILES string of the molecule is CCOc1ccccc1CCC(=O)Oc1ccc(N2CCCC2=O)cc1. The Kier molecular flexibility index (Phi) is 5.89. The lowest BCUT2D eigenvalue weighted by Gasteiger charge is -2.15. The van der Waals surface area contributed by atoms with Crippen LogP contribution in [-0.2, 0) is 16.0 Å². The van der Waals surface area contributed by atoms with Crippen molar-refractivity contribution >= 4 is 17.6 Å². The average molecular weight is 353 g/mol. The Balaban J connectivity index is 1.54. The van der Waals surface area contributed by atoms with Crippen LogP contribution in [-0.4, -0.2) is 25.0 Å². The number of rotatable bonds is 7. The fourth-order valence-electron chi connectivity index (χ4n) is 3.04. The van der Waals surface area contributed by atoms with Gasteiger partial charge in [0.2, 0.25) is 5.91 Å². The van der Waals surface area contributed by atoms with E-state index in [1.165, 1.54) is 0 Å². The predicted molar refractivity (Wildman–Crippen MR) is 99.6 cm³/mol. The van der Waals surface area contributed by atoms with E-state index in [0.717, 1.165) is 30.0 Å². The van der Waals surface area contributed by atoms with E-state index < -0.39 is 0 Å². The number of benzene rings is 2. The van der Waals surface area contributed by atoms with Gasteiger partial charge in [-0.05, 0) is 55.7 Å². The molecule has 0 saturated carbocycles. The zero-order valence-corrected chi connectivity index (χ0v) is 14.9. The number of ether oxygens (including phenoxy) is 2. The zero-order chi connectivity index (χ0) is 18.4. The minimum absolute atomic E-state index is 0.141. The summed E-state index contributed by atoms with van der Waals surface area (Å²) in [5.74, 6) is 1.15. The maximum Gasteiger partial charge on any atom is 0.311 e. The summed E-state index contributed by atoms with van der Waals surface area (Å²) in [5, 5.41) is 0. The van der Waals surface area contributed by atoms with Gasteiger partial charge >= 0.3 is 5.97 Å². The molecule has 0 spiro atoms. The molecule has 2 aromatic rings. The Labute approximate surface area is 153 Å². The molecule has 0 unspecified atom stereocenters. The maximum absolute atomic E-state index is 12.1. The van der Waals surface area contributed by atoms with Crippen molar-refractivity contribution in [2.75, 3.05) is 18.1 Å². The lowest BCUT2D eigenvalue weighted by molar-refractivity contribution is -0.134. The largest absolute Gasteiger partial charge is 0.494 e. The number of esters is 1. The van der Waals surface area contributed by atoms with Crippen LogP contribution in [0.15, 0.2) is 48.5 Å². The van der Waals surface area contributed by atoms with Gasteiger partial charge < -0.3 is 14.4 Å². The lowest BCUT2D eigenvalue weighted by atomic mass is 10.1. The van der Waals surface area contributed by atoms with Crippen LogP contribution in [0.5, 0.6) is 11.5 Å². The molecular weight excluding hydrogens is 330 g/mol. The molecule has 136 valence electrons. The molecular formula is C21H23NO4. The molecule has 0 atom stereocenters. The van der Waals surface area contributed by atoms with Crippen molar-refractivity contribution in [2.45, 2.75) is 32.6 Å². The first kappa shape index (κ1) is 18.0. The number of amides is 1. The quantitative estimate of drug-likeness (QED) is 0.562. The summed E-state index contributed by atoms with van der Waals surface area (Å²) in [7, 11) is 0. The molecule has 0 aromatic heterocycles. The van der Waals surface area contributed by atoms with Gasteiger partial charge in [-0.3, -0.25) is 9.59 Å². The lowest BCUT2D eigenvalue weighted by Crippen LogP contribution is -2.23. The highest BCUT2D eigenvalue weighted by Crippen LogP contribution is 2.24. The van der Waals surface area contributed by atoms with Gasteiger partial charge in [-0.15, -0.1) is 0 Å². The molecule has 1 saturated heterocycles. The average Bonchev–Trinajstić information content (AvgIpc) is 3.08. The van der Waals surface area contributed by atoms with Crippen molar-refractivity contribution in [3.63, 3.8) is 0 Å². The molecule has 1 aliphatic rings. The van der Waals surface area contributed by atoms with Crippen LogP contribution in [0.1, 0.15) is 31.7 Å². The van der Waals surface area contributed by atoms with Crippen LogP contribution < -0.4 is 14.4 Å². The summed E-state index contributed by atoms with van der Waals surface area (Å²) < 4.78 is 11.0. The maximum atomic E-state index is 12.1. The van der Waals surface area contributed by atoms with Crippen LogP contribution >= 0.6 is 0 Å². The number of carbonyl (C=O) groups is 2. The summed E-state index contributed by atoms with van der Waals surface area (Å²) in [4.78, 5) is 25.6. The van der Waals surface area contributed by atoms with Gasteiger partial charge in [0, 0.05) is 18.7 Å². The Hall–Kier alpha value is -2.82. The summed E-state index contributed by atoms with van der Waals surface area (Å²) in [6.45, 7) is 3.27. The minimum atomic E-state index is -0.290. The van der Waals surface area contributed by atoms with Gasteiger partial charge in [0.15, 0.2) is 0 Å². The minimum Gasteiger partial charge on any atom is -0.494 e. The van der Waals surface area contributed by atoms with E-state index in [0.29, 0.717) is 25.2 Å². The fourth-order valence-corrected chi connectivity index (χ4v) is 3.04. The van der Waals surface area contributed by atoms with E-state index in [-0.39, 0.29) is 18.3 Å². The third kappa shape index (κ3) is 4.42. The molecule has 5 nitrogen and oxygen atoms in total. The van der Waals surface area contributed by atoms with Crippen LogP contribution in [0.25, 0.3) is 0 Å². The molecule has 26 heavy (non-hydrogen) atoms. The number of aryl methyl sites for hydroxylation is 1. The Bertz CT molecular complexity index is 770. The smallest absolute Gasteiger partial charge is 0.311 e. The molecule has 3 rings (SSSR count). The van der Waals surface area contributed by atoms with E-state index in [1.807, 2.05) is 43.3 Å². The van der Waals surface area contributed by atoms with Crippen molar-refractivity contribution < 1.29 is 19.1 Å². The fraction of sp³-hybridized carbons (Fsp3) is 0.333. The molecule has 0 aliphatic carbocycles. The van der Waals surface area contributed by atoms with Crippen molar-refractivity contribution in [2.24, 2.45) is 0 Å². The normalized spacial score (nSPS) is 13.7. The second-order valence-corrected chi connectivity index (χ2v) is 6.16. The molecule has 2 aromatic carbocycles. The van der Waals surface area contributed by atoms with Gasteiger partial charge in [0.1, 0.15) is 11.5 Å². The monoisotopic (exact) mass is 353 g/mol. The second-order valence-electron chi connectivity index (χ2n) is 6.16. The summed E-state index contributed by atoms with van der Waals surface area (Å²) in [6, 6.07) is 14.8. The van der Waals surface area contributed by atoms with E-state index >= 15 is 0 Å². The second kappa shape index (κ2) is 8.52. The van der Waals surface area contributed by atoms with Gasteiger partial charge in [-0.2, -0.15) is 0 Å². The van der Waals surface area contributed by atoms with E-state index in [9.17, 15) is 9.59 Å². The number of para-hydroxylation sites is 1. The van der Waals surface area contributed by atoms with Crippen molar-refractivity contribution in [3.8, 4) is 11.5 Å². The molecule has 0 radical (unpaired) electrons. The van der Waals surface area contributed by atoms with Crippen LogP contribution in [0, 0.1) is 0 Å². The van der Waals surface area contributed by atoms with Crippen LogP contribution in [0.2, 0.25) is 0 Å². The standard InChI is InChI=1S/C21H23NO4/c1-2-25-19-7-4-3-6-16(19)9-14-21(24)26-18-12-10-17(11-13-18)22-15-5-8-20(22)23/h3-4,6-7,10-13H,2,5,8-9,14-15H2,1H3. The van der Waals surface area contributed by atoms with Crippen molar-refractivity contribution in [3.05, 3.63) is 54.1 Å². The van der Waals surface area contributed by atoms with Gasteiger partial charge in [-0.25, -0.2) is 0 Å². The molecule has 1 fully saturated rings. The number of carbonyl (C=O) groups excluding carboxylic acids is 2. The highest BCUT2D eigenvalue weighted by molar-refractivity contribution is 5.95. The Morgan fingerprint density at radius 3 is 2.58 bits per heavy atom. The first-order chi connectivity index (χ1) is 12.7. The first-order valence-electron chi connectivity index (χ1n) is 8.99. The molecule has 5 heteroatoms. The topological polar surface area (TPSA) is 55.8 Å². The van der Waals surface area contributed by atoms with Crippen LogP contribution in [0.4, 0.5) is 5.69 Å².